The Morgan fingerprint density at radius 1 is 0.448 bits per heavy atom. The normalized spacial score (nSPS) is 12.3. The van der Waals surface area contributed by atoms with Crippen molar-refractivity contribution in [1.29, 1.82) is 0 Å². The summed E-state index contributed by atoms with van der Waals surface area (Å²) in [5, 5.41) is 3.41. The highest BCUT2D eigenvalue weighted by Gasteiger charge is 2.31. The molecule has 4 aromatic carbocycles. The van der Waals surface area contributed by atoms with Gasteiger partial charge >= 0.3 is 0 Å². The second kappa shape index (κ2) is 6.88. The third-order valence-electron chi connectivity index (χ3n) is 5.23. The molecule has 3 heteroatoms. The third-order valence-corrected chi connectivity index (χ3v) is 5.23. The van der Waals surface area contributed by atoms with Crippen LogP contribution in [0.2, 0.25) is 0 Å². The molecule has 4 aromatic rings. The molecule has 5 rings (SSSR count). The highest BCUT2D eigenvalue weighted by atomic mass is 16.1. The zero-order valence-corrected chi connectivity index (χ0v) is 15.6. The maximum Gasteiger partial charge on any atom is 0.196 e. The molecule has 0 heterocycles. The Kier molecular flexibility index (Phi) is 4.07. The predicted octanol–water partition coefficient (Wildman–Crippen LogP) is 5.87. The molecule has 0 aliphatic heterocycles. The Labute approximate surface area is 168 Å². The average molecular weight is 375 g/mol. The van der Waals surface area contributed by atoms with E-state index in [9.17, 15) is 9.59 Å². The third kappa shape index (κ3) is 2.84. The fourth-order valence-electron chi connectivity index (χ4n) is 3.86. The second-order valence-electron chi connectivity index (χ2n) is 6.97. The van der Waals surface area contributed by atoms with Crippen molar-refractivity contribution < 1.29 is 9.59 Å². The van der Waals surface area contributed by atoms with E-state index in [0.29, 0.717) is 27.9 Å². The van der Waals surface area contributed by atoms with Crippen molar-refractivity contribution in [2.75, 3.05) is 5.32 Å². The molecule has 0 fully saturated rings. The van der Waals surface area contributed by atoms with Gasteiger partial charge in [-0.1, -0.05) is 84.9 Å². The minimum Gasteiger partial charge on any atom is -0.354 e. The lowest BCUT2D eigenvalue weighted by molar-refractivity contribution is 0.0979. The maximum atomic E-state index is 13.2. The molecule has 1 N–H and O–H groups in total. The van der Waals surface area contributed by atoms with Crippen LogP contribution in [0.3, 0.4) is 0 Å². The molecule has 0 bridgehead atoms. The van der Waals surface area contributed by atoms with E-state index in [-0.39, 0.29) is 11.6 Å². The summed E-state index contributed by atoms with van der Waals surface area (Å²) in [5.41, 5.74) is 5.41. The van der Waals surface area contributed by atoms with Gasteiger partial charge in [0.25, 0.3) is 0 Å². The predicted molar refractivity (Wildman–Crippen MR) is 115 cm³/mol. The molecule has 29 heavy (non-hydrogen) atoms. The molecule has 0 atom stereocenters. The van der Waals surface area contributed by atoms with E-state index in [1.54, 1.807) is 30.3 Å². The minimum atomic E-state index is -0.129. The van der Waals surface area contributed by atoms with Gasteiger partial charge in [-0.2, -0.15) is 0 Å². The summed E-state index contributed by atoms with van der Waals surface area (Å²) in [4.78, 5) is 26.2. The topological polar surface area (TPSA) is 46.2 Å². The van der Waals surface area contributed by atoms with Crippen molar-refractivity contribution in [2.45, 2.75) is 0 Å². The second-order valence-corrected chi connectivity index (χ2v) is 6.97. The fourth-order valence-corrected chi connectivity index (χ4v) is 3.86. The van der Waals surface area contributed by atoms with Gasteiger partial charge in [0.05, 0.1) is 11.3 Å². The van der Waals surface area contributed by atoms with Crippen molar-refractivity contribution in [1.82, 2.24) is 0 Å². The first-order valence-corrected chi connectivity index (χ1v) is 9.47. The number of carbonyl (C=O) groups excluding carboxylic acids is 2. The molecular formula is C26H17NO2. The van der Waals surface area contributed by atoms with Crippen LogP contribution in [0.5, 0.6) is 0 Å². The van der Waals surface area contributed by atoms with Crippen LogP contribution in [0.15, 0.2) is 97.1 Å². The van der Waals surface area contributed by atoms with Crippen molar-refractivity contribution >= 4 is 22.9 Å². The molecule has 0 aromatic heterocycles. The molecule has 1 aliphatic carbocycles. The Morgan fingerprint density at radius 2 is 1.00 bits per heavy atom. The van der Waals surface area contributed by atoms with E-state index in [1.165, 1.54) is 0 Å². The molecule has 0 saturated carbocycles. The number of ketones is 2. The largest absolute Gasteiger partial charge is 0.354 e. The summed E-state index contributed by atoms with van der Waals surface area (Å²) in [5.74, 6) is -0.245. The van der Waals surface area contributed by atoms with Crippen LogP contribution in [-0.2, 0) is 0 Å². The van der Waals surface area contributed by atoms with Gasteiger partial charge in [-0.25, -0.2) is 0 Å². The maximum absolute atomic E-state index is 13.2. The molecule has 0 spiro atoms. The van der Waals surface area contributed by atoms with Gasteiger partial charge in [0.15, 0.2) is 11.6 Å². The smallest absolute Gasteiger partial charge is 0.196 e. The zero-order chi connectivity index (χ0) is 19.8. The Bertz CT molecular complexity index is 1260. The first kappa shape index (κ1) is 17.1. The van der Waals surface area contributed by atoms with Crippen LogP contribution in [0.1, 0.15) is 31.8 Å². The highest BCUT2D eigenvalue weighted by molar-refractivity contribution is 6.30. The Hall–Kier alpha value is -3.98. The van der Waals surface area contributed by atoms with Gasteiger partial charge in [-0.05, 0) is 17.7 Å². The van der Waals surface area contributed by atoms with Crippen LogP contribution in [0.25, 0.3) is 11.1 Å². The average Bonchev–Trinajstić information content (AvgIpc) is 2.78. The van der Waals surface area contributed by atoms with Gasteiger partial charge < -0.3 is 5.32 Å². The van der Waals surface area contributed by atoms with E-state index in [2.05, 4.69) is 5.32 Å². The van der Waals surface area contributed by atoms with Crippen LogP contribution < -0.4 is 5.32 Å². The molecule has 0 saturated heterocycles. The van der Waals surface area contributed by atoms with Gasteiger partial charge in [0, 0.05) is 27.9 Å². The summed E-state index contributed by atoms with van der Waals surface area (Å²) in [6.45, 7) is 0. The number of benzene rings is 4. The standard InChI is InChI=1S/C26H17NO2/c28-25-19-12-4-5-13-20(19)26(29)24-21(25)14-8-16-23(24)27-22-15-7-6-11-18(22)17-9-2-1-3-10-17/h1-16,27H. The number of nitrogens with one attached hydrogen (secondary N) is 1. The lowest BCUT2D eigenvalue weighted by Gasteiger charge is -2.21. The van der Waals surface area contributed by atoms with Gasteiger partial charge in [-0.15, -0.1) is 0 Å². The van der Waals surface area contributed by atoms with E-state index < -0.39 is 0 Å². The first-order valence-electron chi connectivity index (χ1n) is 9.47. The Morgan fingerprint density at radius 3 is 1.76 bits per heavy atom. The monoisotopic (exact) mass is 375 g/mol. The van der Waals surface area contributed by atoms with E-state index in [1.807, 2.05) is 66.7 Å². The molecule has 138 valence electrons. The summed E-state index contributed by atoms with van der Waals surface area (Å²) in [6, 6.07) is 30.4. The van der Waals surface area contributed by atoms with Gasteiger partial charge in [0.2, 0.25) is 0 Å². The van der Waals surface area contributed by atoms with Crippen molar-refractivity contribution in [3.63, 3.8) is 0 Å². The molecule has 0 radical (unpaired) electrons. The molecule has 1 aliphatic rings. The number of hydrogen-bond acceptors (Lipinski definition) is 3. The van der Waals surface area contributed by atoms with E-state index in [0.717, 1.165) is 16.8 Å². The number of para-hydroxylation sites is 1. The van der Waals surface area contributed by atoms with Crippen LogP contribution in [0, 0.1) is 0 Å². The lowest BCUT2D eigenvalue weighted by atomic mass is 9.83. The minimum absolute atomic E-state index is 0.116. The number of rotatable bonds is 3. The van der Waals surface area contributed by atoms with Crippen LogP contribution in [-0.4, -0.2) is 11.6 Å². The van der Waals surface area contributed by atoms with Crippen LogP contribution in [0.4, 0.5) is 11.4 Å². The summed E-state index contributed by atoms with van der Waals surface area (Å²) in [7, 11) is 0. The van der Waals surface area contributed by atoms with Crippen molar-refractivity contribution in [2.24, 2.45) is 0 Å². The van der Waals surface area contributed by atoms with Crippen LogP contribution >= 0.6 is 0 Å². The Balaban J connectivity index is 1.63. The van der Waals surface area contributed by atoms with Crippen molar-refractivity contribution in [3.05, 3.63) is 119 Å². The van der Waals surface area contributed by atoms with E-state index in [4.69, 9.17) is 0 Å². The SMILES string of the molecule is O=C1c2ccccc2C(=O)c2c(Nc3ccccc3-c3ccccc3)cccc21. The number of carbonyl (C=O) groups is 2. The first-order chi connectivity index (χ1) is 14.2. The molecule has 3 nitrogen and oxygen atoms in total. The van der Waals surface area contributed by atoms with Gasteiger partial charge in [-0.3, -0.25) is 9.59 Å². The summed E-state index contributed by atoms with van der Waals surface area (Å²) < 4.78 is 0. The quantitative estimate of drug-likeness (QED) is 0.429. The molecule has 0 unspecified atom stereocenters. The summed E-state index contributed by atoms with van der Waals surface area (Å²) >= 11 is 0. The van der Waals surface area contributed by atoms with E-state index >= 15 is 0 Å². The highest BCUT2D eigenvalue weighted by Crippen LogP contribution is 2.36. The molecular weight excluding hydrogens is 358 g/mol. The van der Waals surface area contributed by atoms with Crippen molar-refractivity contribution in [3.8, 4) is 11.1 Å². The number of hydrogen-bond donors (Lipinski definition) is 1. The fraction of sp³-hybridized carbons (Fsp3) is 0. The van der Waals surface area contributed by atoms with Gasteiger partial charge in [0.1, 0.15) is 0 Å². The summed E-state index contributed by atoms with van der Waals surface area (Å²) in [6.07, 6.45) is 0. The number of anilines is 2. The number of fused-ring (bicyclic) bond motifs is 2. The zero-order valence-electron chi connectivity index (χ0n) is 15.6. The molecule has 0 amide bonds. The lowest BCUT2D eigenvalue weighted by Crippen LogP contribution is -2.22.